The number of rotatable bonds is 5. The number of aromatic nitrogens is 4. The van der Waals surface area contributed by atoms with Crippen LogP contribution in [-0.2, 0) is 11.3 Å². The summed E-state index contributed by atoms with van der Waals surface area (Å²) < 4.78 is 7.09. The van der Waals surface area contributed by atoms with Crippen LogP contribution in [0.5, 0.6) is 5.75 Å². The summed E-state index contributed by atoms with van der Waals surface area (Å²) in [6.07, 6.45) is 1.83. The predicted molar refractivity (Wildman–Crippen MR) is 105 cm³/mol. The second-order valence-corrected chi connectivity index (χ2v) is 7.02. The van der Waals surface area contributed by atoms with E-state index in [1.165, 1.54) is 0 Å². The lowest BCUT2D eigenvalue weighted by molar-refractivity contribution is -0.125. The Labute approximate surface area is 163 Å². The molecule has 0 spiro atoms. The van der Waals surface area contributed by atoms with E-state index in [-0.39, 0.29) is 11.8 Å². The van der Waals surface area contributed by atoms with Gasteiger partial charge in [0.2, 0.25) is 5.91 Å². The highest BCUT2D eigenvalue weighted by Crippen LogP contribution is 2.23. The number of nitrogens with zero attached hydrogens (tertiary/aromatic N) is 5. The van der Waals surface area contributed by atoms with E-state index in [2.05, 4.69) is 25.5 Å². The fraction of sp³-hybridized carbons (Fsp3) is 0.400. The average molecular weight is 380 g/mol. The Hall–Kier alpha value is -3.16. The van der Waals surface area contributed by atoms with Gasteiger partial charge in [0.25, 0.3) is 0 Å². The van der Waals surface area contributed by atoms with Crippen molar-refractivity contribution in [2.45, 2.75) is 26.3 Å². The Morgan fingerprint density at radius 2 is 2.11 bits per heavy atom. The van der Waals surface area contributed by atoms with Gasteiger partial charge in [0.1, 0.15) is 11.6 Å². The van der Waals surface area contributed by atoms with Gasteiger partial charge in [-0.25, -0.2) is 0 Å². The number of methoxy groups -OCH3 is 1. The van der Waals surface area contributed by atoms with Gasteiger partial charge in [-0.05, 0) is 38.0 Å². The molecule has 4 rings (SSSR count). The lowest BCUT2D eigenvalue weighted by Gasteiger charge is -2.32. The third kappa shape index (κ3) is 3.62. The second kappa shape index (κ2) is 7.84. The van der Waals surface area contributed by atoms with E-state index in [1.807, 2.05) is 43.3 Å². The van der Waals surface area contributed by atoms with Crippen LogP contribution < -0.4 is 15.0 Å². The fourth-order valence-corrected chi connectivity index (χ4v) is 3.63. The van der Waals surface area contributed by atoms with Crippen molar-refractivity contribution in [1.29, 1.82) is 0 Å². The van der Waals surface area contributed by atoms with E-state index in [0.29, 0.717) is 13.1 Å². The van der Waals surface area contributed by atoms with Crippen molar-refractivity contribution in [3.63, 3.8) is 0 Å². The summed E-state index contributed by atoms with van der Waals surface area (Å²) in [7, 11) is 1.64. The van der Waals surface area contributed by atoms with Crippen LogP contribution in [0.1, 0.15) is 24.2 Å². The van der Waals surface area contributed by atoms with Crippen molar-refractivity contribution in [1.82, 2.24) is 25.1 Å². The molecule has 0 radical (unpaired) electrons. The zero-order chi connectivity index (χ0) is 19.5. The minimum atomic E-state index is -0.0667. The predicted octanol–water partition coefficient (Wildman–Crippen LogP) is 1.97. The van der Waals surface area contributed by atoms with Crippen molar-refractivity contribution in [2.75, 3.05) is 25.1 Å². The van der Waals surface area contributed by atoms with Crippen LogP contribution in [0.25, 0.3) is 5.65 Å². The van der Waals surface area contributed by atoms with E-state index in [9.17, 15) is 4.79 Å². The number of carbonyl (C=O) groups is 1. The number of amides is 1. The number of piperidine rings is 1. The Kier molecular flexibility index (Phi) is 5.10. The van der Waals surface area contributed by atoms with Crippen LogP contribution in [0.15, 0.2) is 36.4 Å². The third-order valence-corrected chi connectivity index (χ3v) is 5.17. The summed E-state index contributed by atoms with van der Waals surface area (Å²) in [4.78, 5) is 14.9. The second-order valence-electron chi connectivity index (χ2n) is 7.02. The fourth-order valence-electron chi connectivity index (χ4n) is 3.63. The van der Waals surface area contributed by atoms with Gasteiger partial charge in [-0.15, -0.1) is 15.3 Å². The van der Waals surface area contributed by atoms with Gasteiger partial charge in [-0.1, -0.05) is 18.2 Å². The smallest absolute Gasteiger partial charge is 0.225 e. The molecule has 0 bridgehead atoms. The molecule has 28 heavy (non-hydrogen) atoms. The minimum Gasteiger partial charge on any atom is -0.496 e. The molecule has 1 aliphatic heterocycles. The standard InChI is InChI=1S/C20H24N6O2/c1-14-22-23-18-9-10-19(24-26(14)18)25-11-5-7-16(13-25)20(27)21-12-15-6-3-4-8-17(15)28-2/h3-4,6,8-10,16H,5,7,11-13H2,1-2H3,(H,21,27)/t16-/m1/s1. The maximum absolute atomic E-state index is 12.7. The maximum Gasteiger partial charge on any atom is 0.225 e. The molecule has 1 amide bonds. The Morgan fingerprint density at radius 3 is 2.96 bits per heavy atom. The number of hydrogen-bond acceptors (Lipinski definition) is 6. The highest BCUT2D eigenvalue weighted by molar-refractivity contribution is 5.79. The van der Waals surface area contributed by atoms with E-state index in [4.69, 9.17) is 4.74 Å². The molecule has 1 atom stereocenters. The highest BCUT2D eigenvalue weighted by atomic mass is 16.5. The molecule has 3 aromatic rings. The molecule has 2 aromatic heterocycles. The summed E-state index contributed by atoms with van der Waals surface area (Å²) in [5.74, 6) is 2.38. The van der Waals surface area contributed by atoms with E-state index in [1.54, 1.807) is 11.6 Å². The lowest BCUT2D eigenvalue weighted by Crippen LogP contribution is -2.43. The number of fused-ring (bicyclic) bond motifs is 1. The van der Waals surface area contributed by atoms with E-state index < -0.39 is 0 Å². The molecule has 1 aliphatic rings. The maximum atomic E-state index is 12.7. The first-order valence-electron chi connectivity index (χ1n) is 9.49. The van der Waals surface area contributed by atoms with Gasteiger partial charge in [-0.3, -0.25) is 4.79 Å². The third-order valence-electron chi connectivity index (χ3n) is 5.17. The molecule has 0 saturated carbocycles. The van der Waals surface area contributed by atoms with Crippen LogP contribution >= 0.6 is 0 Å². The van der Waals surface area contributed by atoms with Gasteiger partial charge >= 0.3 is 0 Å². The largest absolute Gasteiger partial charge is 0.496 e. The van der Waals surface area contributed by atoms with Gasteiger partial charge in [-0.2, -0.15) is 4.52 Å². The molecule has 1 fully saturated rings. The zero-order valence-electron chi connectivity index (χ0n) is 16.1. The first kappa shape index (κ1) is 18.2. The van der Waals surface area contributed by atoms with Crippen LogP contribution in [-0.4, -0.2) is 45.9 Å². The number of anilines is 1. The lowest BCUT2D eigenvalue weighted by atomic mass is 9.97. The molecule has 3 heterocycles. The Morgan fingerprint density at radius 1 is 1.25 bits per heavy atom. The normalized spacial score (nSPS) is 16.9. The van der Waals surface area contributed by atoms with Gasteiger partial charge in [0.15, 0.2) is 11.5 Å². The van der Waals surface area contributed by atoms with Gasteiger partial charge in [0, 0.05) is 25.2 Å². The molecule has 1 saturated heterocycles. The number of para-hydroxylation sites is 1. The van der Waals surface area contributed by atoms with Crippen molar-refractivity contribution in [3.8, 4) is 5.75 Å². The van der Waals surface area contributed by atoms with Crippen LogP contribution in [0.3, 0.4) is 0 Å². The van der Waals surface area contributed by atoms with Gasteiger partial charge < -0.3 is 15.0 Å². The highest BCUT2D eigenvalue weighted by Gasteiger charge is 2.27. The number of ether oxygens (including phenoxy) is 1. The molecule has 8 nitrogen and oxygen atoms in total. The SMILES string of the molecule is COc1ccccc1CNC(=O)[C@@H]1CCCN(c2ccc3nnc(C)n3n2)C1. The molecule has 8 heteroatoms. The first-order chi connectivity index (χ1) is 13.7. The number of aryl methyl sites for hydroxylation is 1. The molecule has 0 aliphatic carbocycles. The zero-order valence-corrected chi connectivity index (χ0v) is 16.1. The molecule has 1 aromatic carbocycles. The van der Waals surface area contributed by atoms with Crippen LogP contribution in [0.2, 0.25) is 0 Å². The molecule has 1 N–H and O–H groups in total. The monoisotopic (exact) mass is 380 g/mol. The van der Waals surface area contributed by atoms with E-state index >= 15 is 0 Å². The molecular weight excluding hydrogens is 356 g/mol. The van der Waals surface area contributed by atoms with Crippen molar-refractivity contribution < 1.29 is 9.53 Å². The summed E-state index contributed by atoms with van der Waals surface area (Å²) in [6.45, 7) is 3.87. The van der Waals surface area contributed by atoms with E-state index in [0.717, 1.165) is 48.0 Å². The number of benzene rings is 1. The molecular formula is C20H24N6O2. The Bertz CT molecular complexity index is 986. The topological polar surface area (TPSA) is 84.6 Å². The molecule has 0 unspecified atom stereocenters. The van der Waals surface area contributed by atoms with Crippen LogP contribution in [0.4, 0.5) is 5.82 Å². The van der Waals surface area contributed by atoms with Crippen molar-refractivity contribution >= 4 is 17.4 Å². The summed E-state index contributed by atoms with van der Waals surface area (Å²) in [5.41, 5.74) is 1.70. The number of nitrogens with one attached hydrogen (secondary N) is 1. The summed E-state index contributed by atoms with van der Waals surface area (Å²) in [5, 5.41) is 15.8. The first-order valence-corrected chi connectivity index (χ1v) is 9.49. The van der Waals surface area contributed by atoms with Crippen molar-refractivity contribution in [3.05, 3.63) is 47.8 Å². The quantitative estimate of drug-likeness (QED) is 0.729. The molecule has 146 valence electrons. The number of hydrogen-bond donors (Lipinski definition) is 1. The summed E-state index contributed by atoms with van der Waals surface area (Å²) in [6, 6.07) is 11.6. The van der Waals surface area contributed by atoms with Crippen LogP contribution in [0, 0.1) is 12.8 Å². The van der Waals surface area contributed by atoms with Gasteiger partial charge in [0.05, 0.1) is 13.0 Å². The number of carbonyl (C=O) groups excluding carboxylic acids is 1. The minimum absolute atomic E-state index is 0.0667. The Balaban J connectivity index is 1.42. The summed E-state index contributed by atoms with van der Waals surface area (Å²) >= 11 is 0. The van der Waals surface area contributed by atoms with Crippen molar-refractivity contribution in [2.24, 2.45) is 5.92 Å². The average Bonchev–Trinajstić information content (AvgIpc) is 3.12.